The van der Waals surface area contributed by atoms with Crippen LogP contribution in [0.3, 0.4) is 0 Å². The van der Waals surface area contributed by atoms with Crippen LogP contribution in [-0.2, 0) is 133 Å². The summed E-state index contributed by atoms with van der Waals surface area (Å²) in [6.07, 6.45) is -35.8. The molecule has 0 aliphatic carbocycles. The maximum atomic E-state index is 13.1. The van der Waals surface area contributed by atoms with Crippen molar-refractivity contribution < 1.29 is 138 Å². The maximum Gasteiger partial charge on any atom is 0.303 e. The monoisotopic (exact) mass is 1120 g/mol. The van der Waals surface area contributed by atoms with Crippen molar-refractivity contribution in [2.24, 2.45) is 5.11 Å². The zero-order valence-electron chi connectivity index (χ0n) is 44.0. The standard InChI is InChI=1S/C44H60N4O30/c1-15-30(65-19(5)51)35(68-22(8)54)38(71-25(11)57)42(63-15)76-34-29(46-47-45)41(78-48(59)60)73-27(13-61-17(3)49)32(34)75-44-40(37(70-24(10)56)33(67-21(7)53)28(74-44)14-62-18(4)50)77-43-39(72-26(12)58)36(69-23(9)55)31(16(2)64-43)66-20(6)52/h15-16,27-44H,13-14H2,1-12H3/t15?,16?,27?,28?,29?,30?,31-,32?,33?,34-,35-,36?,37+,38?,39+,40?,41?,42+,43?,44+/m1/s1. The largest absolute Gasteiger partial charge is 0.463 e. The van der Waals surface area contributed by atoms with Gasteiger partial charge in [0.2, 0.25) is 6.29 Å². The Kier molecular flexibility index (Phi) is 23.2. The highest BCUT2D eigenvalue weighted by molar-refractivity contribution is 5.70. The second-order valence-electron chi connectivity index (χ2n) is 17.5. The summed E-state index contributed by atoms with van der Waals surface area (Å²) in [6, 6.07) is -2.16. The van der Waals surface area contributed by atoms with E-state index in [9.17, 15) is 63.6 Å². The van der Waals surface area contributed by atoms with Gasteiger partial charge in [0.05, 0.1) is 12.2 Å². The van der Waals surface area contributed by atoms with Gasteiger partial charge in [-0.1, -0.05) is 5.11 Å². The quantitative estimate of drug-likeness (QED) is 0.0267. The molecule has 0 aromatic rings. The molecule has 0 radical (unpaired) electrons. The molecular formula is C44H60N4O30. The Balaban J connectivity index is 2.07. The molecule has 0 amide bonds. The van der Waals surface area contributed by atoms with Crippen molar-refractivity contribution >= 4 is 59.7 Å². The van der Waals surface area contributed by atoms with Crippen molar-refractivity contribution in [3.63, 3.8) is 0 Å². The van der Waals surface area contributed by atoms with Gasteiger partial charge in [-0.3, -0.25) is 52.8 Å². The van der Waals surface area contributed by atoms with Crippen molar-refractivity contribution in [2.45, 2.75) is 206 Å². The topological polar surface area (TPSA) is 429 Å². The van der Waals surface area contributed by atoms with E-state index < -0.39 is 201 Å². The molecular weight excluding hydrogens is 1060 g/mol. The fourth-order valence-electron chi connectivity index (χ4n) is 8.65. The fourth-order valence-corrected chi connectivity index (χ4v) is 8.65. The number of hydrogen-bond acceptors (Lipinski definition) is 31. The van der Waals surface area contributed by atoms with Gasteiger partial charge in [0.25, 0.3) is 5.09 Å². The lowest BCUT2D eigenvalue weighted by atomic mass is 9.94. The van der Waals surface area contributed by atoms with E-state index >= 15 is 0 Å². The summed E-state index contributed by atoms with van der Waals surface area (Å²) >= 11 is 0. The van der Waals surface area contributed by atoms with E-state index in [2.05, 4.69) is 10.0 Å². The molecule has 0 saturated carbocycles. The van der Waals surface area contributed by atoms with E-state index in [0.717, 1.165) is 69.2 Å². The Morgan fingerprint density at radius 1 is 0.423 bits per heavy atom. The van der Waals surface area contributed by atoms with Crippen LogP contribution in [0.25, 0.3) is 10.4 Å². The molecule has 4 rings (SSSR count). The number of ether oxygens (including phenoxy) is 17. The second-order valence-corrected chi connectivity index (χ2v) is 17.5. The molecule has 4 saturated heterocycles. The Morgan fingerprint density at radius 3 is 1.10 bits per heavy atom. The van der Waals surface area contributed by atoms with Crippen LogP contribution in [0.5, 0.6) is 0 Å². The molecule has 34 nitrogen and oxygen atoms in total. The van der Waals surface area contributed by atoms with Crippen LogP contribution in [0.15, 0.2) is 5.11 Å². The van der Waals surface area contributed by atoms with Crippen LogP contribution in [-0.4, -0.2) is 201 Å². The maximum absolute atomic E-state index is 13.1. The highest BCUT2D eigenvalue weighted by Crippen LogP contribution is 2.40. The van der Waals surface area contributed by atoms with Gasteiger partial charge in [0.1, 0.15) is 43.7 Å². The van der Waals surface area contributed by atoms with Crippen molar-refractivity contribution in [3.8, 4) is 0 Å². The highest BCUT2D eigenvalue weighted by Gasteiger charge is 2.61. The molecule has 0 aromatic carbocycles. The lowest BCUT2D eigenvalue weighted by Crippen LogP contribution is -2.69. The molecule has 0 aromatic heterocycles. The molecule has 0 spiro atoms. The molecule has 13 unspecified atom stereocenters. The molecule has 0 bridgehead atoms. The SMILES string of the molecule is CC(=O)OCC1OC(O[N+](=O)[O-])C(N=[N+]=[N-])[C@@H](O[C@@H]2OC(C)C(OC(C)=O)[C@@H](OC(C)=O)C2OC(C)=O)C1O[C@@H]1OC(COC(C)=O)C(OC(C)=O)[C@H](OC(C)=O)C1OC1OC(C)[C@@H](OC(C)=O)C(OC(C)=O)[C@@H]1OC(C)=O. The van der Waals surface area contributed by atoms with Crippen LogP contribution in [0.4, 0.5) is 0 Å². The summed E-state index contributed by atoms with van der Waals surface area (Å²) in [5.74, 6) is -10.0. The van der Waals surface area contributed by atoms with Gasteiger partial charge >= 0.3 is 59.7 Å². The number of azide groups is 1. The molecule has 436 valence electrons. The number of carbonyl (C=O) groups is 10. The number of carbonyl (C=O) groups excluding carboxylic acids is 10. The molecule has 78 heavy (non-hydrogen) atoms. The predicted octanol–water partition coefficient (Wildman–Crippen LogP) is -0.452. The fraction of sp³-hybridized carbons (Fsp3) is 0.773. The van der Waals surface area contributed by atoms with E-state index in [1.165, 1.54) is 13.8 Å². The minimum Gasteiger partial charge on any atom is -0.463 e. The van der Waals surface area contributed by atoms with Gasteiger partial charge in [-0.2, -0.15) is 0 Å². The lowest BCUT2D eigenvalue weighted by molar-refractivity contribution is -0.783. The summed E-state index contributed by atoms with van der Waals surface area (Å²) in [7, 11) is 0. The third kappa shape index (κ3) is 17.7. The van der Waals surface area contributed by atoms with E-state index in [1.807, 2.05) is 0 Å². The summed E-state index contributed by atoms with van der Waals surface area (Å²) in [4.78, 5) is 146. The van der Waals surface area contributed by atoms with E-state index in [0.29, 0.717) is 0 Å². The first-order valence-corrected chi connectivity index (χ1v) is 23.6. The zero-order chi connectivity index (χ0) is 58.5. The van der Waals surface area contributed by atoms with Gasteiger partial charge in [0, 0.05) is 74.1 Å². The minimum absolute atomic E-state index is 0.833. The Labute approximate surface area is 442 Å². The number of rotatable bonds is 21. The molecule has 4 aliphatic rings. The molecule has 4 heterocycles. The Hall–Kier alpha value is -7.07. The number of esters is 10. The van der Waals surface area contributed by atoms with Crippen molar-refractivity contribution in [2.75, 3.05) is 13.2 Å². The first kappa shape index (κ1) is 63.5. The molecule has 0 N–H and O–H groups in total. The summed E-state index contributed by atoms with van der Waals surface area (Å²) < 4.78 is 98.7. The molecule has 4 fully saturated rings. The Bertz CT molecular complexity index is 2280. The van der Waals surface area contributed by atoms with Gasteiger partial charge in [-0.15, -0.1) is 10.1 Å². The zero-order valence-corrected chi connectivity index (χ0v) is 44.0. The van der Waals surface area contributed by atoms with Gasteiger partial charge in [-0.05, 0) is 19.4 Å². The van der Waals surface area contributed by atoms with Crippen LogP contribution in [0.2, 0.25) is 0 Å². The normalized spacial score (nSPS) is 34.3. The third-order valence-corrected chi connectivity index (χ3v) is 11.2. The first-order valence-electron chi connectivity index (χ1n) is 23.6. The smallest absolute Gasteiger partial charge is 0.303 e. The number of nitrogens with zero attached hydrogens (tertiary/aromatic N) is 4. The van der Waals surface area contributed by atoms with Crippen molar-refractivity contribution in [3.05, 3.63) is 20.6 Å². The average Bonchev–Trinajstić information content (AvgIpc) is 3.29. The third-order valence-electron chi connectivity index (χ3n) is 11.2. The predicted molar refractivity (Wildman–Crippen MR) is 239 cm³/mol. The second kappa shape index (κ2) is 28.5. The van der Waals surface area contributed by atoms with E-state index in [4.69, 9.17) is 85.4 Å². The minimum atomic E-state index is -2.32. The molecule has 4 aliphatic heterocycles. The van der Waals surface area contributed by atoms with Gasteiger partial charge in [-0.25, -0.2) is 0 Å². The van der Waals surface area contributed by atoms with Gasteiger partial charge in [0.15, 0.2) is 73.8 Å². The van der Waals surface area contributed by atoms with Crippen molar-refractivity contribution in [1.29, 1.82) is 0 Å². The molecule has 34 heteroatoms. The summed E-state index contributed by atoms with van der Waals surface area (Å²) in [5.41, 5.74) is 9.97. The van der Waals surface area contributed by atoms with Crippen LogP contribution < -0.4 is 0 Å². The lowest BCUT2D eigenvalue weighted by Gasteiger charge is -2.51. The Morgan fingerprint density at radius 2 is 0.731 bits per heavy atom. The summed E-state index contributed by atoms with van der Waals surface area (Å²) in [5, 5.41) is 14.3. The summed E-state index contributed by atoms with van der Waals surface area (Å²) in [6.45, 7) is 10.4. The van der Waals surface area contributed by atoms with Crippen LogP contribution in [0.1, 0.15) is 83.1 Å². The number of hydrogen-bond donors (Lipinski definition) is 0. The first-order chi connectivity index (χ1) is 36.5. The van der Waals surface area contributed by atoms with E-state index in [1.54, 1.807) is 0 Å². The van der Waals surface area contributed by atoms with Crippen molar-refractivity contribution in [1.82, 2.24) is 0 Å². The molecule has 20 atom stereocenters. The van der Waals surface area contributed by atoms with Gasteiger partial charge < -0.3 is 80.5 Å². The van der Waals surface area contributed by atoms with Crippen LogP contribution in [0, 0.1) is 10.1 Å². The van der Waals surface area contributed by atoms with Crippen LogP contribution >= 0.6 is 0 Å². The average molecular weight is 1120 g/mol. The highest BCUT2D eigenvalue weighted by atomic mass is 17.0. The van der Waals surface area contributed by atoms with E-state index in [-0.39, 0.29) is 0 Å².